The van der Waals surface area contributed by atoms with E-state index in [1.54, 1.807) is 0 Å². The van der Waals surface area contributed by atoms with Gasteiger partial charge < -0.3 is 4.90 Å². The number of nitrogens with zero attached hydrogens (tertiary/aromatic N) is 1. The van der Waals surface area contributed by atoms with Crippen LogP contribution in [-0.4, -0.2) is 0 Å². The van der Waals surface area contributed by atoms with E-state index >= 15 is 0 Å². The highest BCUT2D eigenvalue weighted by molar-refractivity contribution is 6.00. The second kappa shape index (κ2) is 12.1. The Labute approximate surface area is 294 Å². The lowest BCUT2D eigenvalue weighted by Gasteiger charge is -2.33. The van der Waals surface area contributed by atoms with E-state index in [0.29, 0.717) is 0 Å². The van der Waals surface area contributed by atoms with Crippen LogP contribution in [-0.2, 0) is 5.41 Å². The Hall–Kier alpha value is -6.18. The van der Waals surface area contributed by atoms with Crippen LogP contribution in [0.3, 0.4) is 0 Å². The van der Waals surface area contributed by atoms with Crippen molar-refractivity contribution >= 4 is 27.8 Å². The Balaban J connectivity index is 1.26. The van der Waals surface area contributed by atoms with Gasteiger partial charge >= 0.3 is 0 Å². The van der Waals surface area contributed by atoms with Crippen LogP contribution < -0.4 is 4.90 Å². The Morgan fingerprint density at radius 2 is 0.940 bits per heavy atom. The zero-order valence-corrected chi connectivity index (χ0v) is 28.3. The minimum Gasteiger partial charge on any atom is -0.310 e. The number of benzene rings is 8. The summed E-state index contributed by atoms with van der Waals surface area (Å²) in [7, 11) is 0. The van der Waals surface area contributed by atoms with E-state index in [4.69, 9.17) is 0 Å². The highest BCUT2D eigenvalue weighted by Crippen LogP contribution is 2.56. The summed E-state index contributed by atoms with van der Waals surface area (Å²) in [4.78, 5) is 2.48. The molecule has 0 bridgehead atoms. The molecule has 1 heteroatoms. The molecular formula is C49H37N. The van der Waals surface area contributed by atoms with E-state index in [9.17, 15) is 0 Å². The Morgan fingerprint density at radius 3 is 1.68 bits per heavy atom. The average molecular weight is 640 g/mol. The summed E-state index contributed by atoms with van der Waals surface area (Å²) >= 11 is 0. The molecular weight excluding hydrogens is 603 g/mol. The Morgan fingerprint density at radius 1 is 0.360 bits per heavy atom. The average Bonchev–Trinajstić information content (AvgIpc) is 3.40. The molecule has 0 saturated carbocycles. The van der Waals surface area contributed by atoms with Gasteiger partial charge in [-0.15, -0.1) is 0 Å². The summed E-state index contributed by atoms with van der Waals surface area (Å²) in [6, 6.07) is 68.5. The van der Waals surface area contributed by atoms with Crippen LogP contribution in [0.15, 0.2) is 188 Å². The summed E-state index contributed by atoms with van der Waals surface area (Å²) in [5.74, 6) is 0. The Bertz CT molecular complexity index is 2490. The molecule has 8 aromatic rings. The fraction of sp³-hybridized carbons (Fsp3) is 0.0612. The molecule has 0 amide bonds. The number of hydrogen-bond acceptors (Lipinski definition) is 1. The second-order valence-corrected chi connectivity index (χ2v) is 13.8. The number of anilines is 3. The third-order valence-electron chi connectivity index (χ3n) is 10.4. The van der Waals surface area contributed by atoms with Crippen molar-refractivity contribution < 1.29 is 0 Å². The maximum atomic E-state index is 2.48. The van der Waals surface area contributed by atoms with E-state index < -0.39 is 0 Å². The minimum atomic E-state index is -0.225. The van der Waals surface area contributed by atoms with E-state index in [1.807, 2.05) is 0 Å². The number of hydrogen-bond donors (Lipinski definition) is 0. The van der Waals surface area contributed by atoms with E-state index in [2.05, 4.69) is 207 Å². The lowest BCUT2D eigenvalue weighted by atomic mass is 9.80. The predicted molar refractivity (Wildman–Crippen MR) is 213 cm³/mol. The van der Waals surface area contributed by atoms with Crippen LogP contribution in [0.5, 0.6) is 0 Å². The molecule has 0 aromatic heterocycles. The quantitative estimate of drug-likeness (QED) is 0.175. The smallest absolute Gasteiger partial charge is 0.0540 e. The van der Waals surface area contributed by atoms with Crippen molar-refractivity contribution in [3.05, 3.63) is 199 Å². The molecule has 1 nitrogen and oxygen atoms in total. The second-order valence-electron chi connectivity index (χ2n) is 13.8. The summed E-state index contributed by atoms with van der Waals surface area (Å²) in [5.41, 5.74) is 15.9. The molecule has 0 spiro atoms. The first-order valence-corrected chi connectivity index (χ1v) is 17.4. The highest BCUT2D eigenvalue weighted by atomic mass is 15.1. The molecule has 1 aliphatic rings. The zero-order chi connectivity index (χ0) is 33.7. The molecule has 0 aliphatic heterocycles. The van der Waals surface area contributed by atoms with Gasteiger partial charge in [0.1, 0.15) is 0 Å². The van der Waals surface area contributed by atoms with Crippen molar-refractivity contribution in [2.45, 2.75) is 19.3 Å². The van der Waals surface area contributed by atoms with Crippen molar-refractivity contribution in [2.24, 2.45) is 0 Å². The number of fused-ring (bicyclic) bond motifs is 4. The third-order valence-corrected chi connectivity index (χ3v) is 10.4. The van der Waals surface area contributed by atoms with Crippen LogP contribution in [0.4, 0.5) is 17.1 Å². The third kappa shape index (κ3) is 4.94. The van der Waals surface area contributed by atoms with Gasteiger partial charge in [0.05, 0.1) is 11.4 Å². The lowest BCUT2D eigenvalue weighted by molar-refractivity contribution is 0.661. The topological polar surface area (TPSA) is 3.24 Å². The zero-order valence-electron chi connectivity index (χ0n) is 28.3. The normalized spacial score (nSPS) is 12.8. The molecule has 0 N–H and O–H groups in total. The monoisotopic (exact) mass is 639 g/mol. The fourth-order valence-electron chi connectivity index (χ4n) is 8.06. The van der Waals surface area contributed by atoms with Gasteiger partial charge in [-0.25, -0.2) is 0 Å². The van der Waals surface area contributed by atoms with Gasteiger partial charge in [-0.2, -0.15) is 0 Å². The first-order chi connectivity index (χ1) is 24.6. The fourth-order valence-corrected chi connectivity index (χ4v) is 8.06. The van der Waals surface area contributed by atoms with Gasteiger partial charge in [-0.05, 0) is 103 Å². The number of rotatable bonds is 6. The van der Waals surface area contributed by atoms with Gasteiger partial charge in [0.15, 0.2) is 0 Å². The summed E-state index contributed by atoms with van der Waals surface area (Å²) < 4.78 is 0. The first kappa shape index (κ1) is 29.9. The van der Waals surface area contributed by atoms with Crippen LogP contribution in [0.1, 0.15) is 25.0 Å². The largest absolute Gasteiger partial charge is 0.310 e. The van der Waals surface area contributed by atoms with Crippen LogP contribution >= 0.6 is 0 Å². The molecule has 0 fully saturated rings. The van der Waals surface area contributed by atoms with Gasteiger partial charge in [-0.1, -0.05) is 159 Å². The van der Waals surface area contributed by atoms with E-state index in [-0.39, 0.29) is 5.41 Å². The summed E-state index contributed by atoms with van der Waals surface area (Å²) in [6.45, 7) is 4.79. The maximum absolute atomic E-state index is 2.48. The van der Waals surface area contributed by atoms with Crippen molar-refractivity contribution in [2.75, 3.05) is 4.90 Å². The predicted octanol–water partition coefficient (Wildman–Crippen LogP) is 13.6. The standard InChI is InChI=1S/C49H37N/c1-49(2)45-33-37-30-29-36(34-17-6-3-7-18-34)31-38(37)32-44(45)43-26-16-28-47(48(43)49)50(39-21-10-5-11-22-39)46-27-15-14-25-42(46)41-24-13-12-23-40(41)35-19-8-4-9-20-35/h3-33H,1-2H3. The maximum Gasteiger partial charge on any atom is 0.0540 e. The van der Waals surface area contributed by atoms with E-state index in [1.165, 1.54) is 72.1 Å². The molecule has 0 radical (unpaired) electrons. The van der Waals surface area contributed by atoms with Crippen molar-refractivity contribution in [3.8, 4) is 44.5 Å². The summed E-state index contributed by atoms with van der Waals surface area (Å²) in [6.07, 6.45) is 0. The van der Waals surface area contributed by atoms with Crippen molar-refractivity contribution in [1.82, 2.24) is 0 Å². The van der Waals surface area contributed by atoms with Gasteiger partial charge in [0.2, 0.25) is 0 Å². The van der Waals surface area contributed by atoms with Gasteiger partial charge in [0.25, 0.3) is 0 Å². The minimum absolute atomic E-state index is 0.225. The van der Waals surface area contributed by atoms with E-state index in [0.717, 1.165) is 11.4 Å². The molecule has 50 heavy (non-hydrogen) atoms. The van der Waals surface area contributed by atoms with Crippen LogP contribution in [0, 0.1) is 0 Å². The lowest BCUT2D eigenvalue weighted by Crippen LogP contribution is -2.21. The van der Waals surface area contributed by atoms with Gasteiger partial charge in [-0.3, -0.25) is 0 Å². The molecule has 0 unspecified atom stereocenters. The molecule has 0 atom stereocenters. The van der Waals surface area contributed by atoms with Crippen LogP contribution in [0.2, 0.25) is 0 Å². The summed E-state index contributed by atoms with van der Waals surface area (Å²) in [5, 5.41) is 2.54. The first-order valence-electron chi connectivity index (χ1n) is 17.4. The number of para-hydroxylation sites is 2. The highest BCUT2D eigenvalue weighted by Gasteiger charge is 2.39. The molecule has 8 aromatic carbocycles. The van der Waals surface area contributed by atoms with Gasteiger partial charge in [0, 0.05) is 16.7 Å². The molecule has 9 rings (SSSR count). The Kier molecular flexibility index (Phi) is 7.21. The van der Waals surface area contributed by atoms with Crippen molar-refractivity contribution in [3.63, 3.8) is 0 Å². The van der Waals surface area contributed by atoms with Crippen LogP contribution in [0.25, 0.3) is 55.3 Å². The van der Waals surface area contributed by atoms with Crippen molar-refractivity contribution in [1.29, 1.82) is 0 Å². The molecule has 1 aliphatic carbocycles. The molecule has 0 heterocycles. The SMILES string of the molecule is CC1(C)c2cc3ccc(-c4ccccc4)cc3cc2-c2cccc(N(c3ccccc3)c3ccccc3-c3ccccc3-c3ccccc3)c21. The molecule has 0 saturated heterocycles. The molecule has 238 valence electrons.